The van der Waals surface area contributed by atoms with E-state index in [1.807, 2.05) is 0 Å². The number of hydrogen-bond acceptors (Lipinski definition) is 3. The van der Waals surface area contributed by atoms with E-state index in [9.17, 15) is 0 Å². The lowest BCUT2D eigenvalue weighted by atomic mass is 9.46. The van der Waals surface area contributed by atoms with Gasteiger partial charge in [0.15, 0.2) is 0 Å². The Labute approximate surface area is 105 Å². The van der Waals surface area contributed by atoms with Crippen LogP contribution >= 0.6 is 0 Å². The highest BCUT2D eigenvalue weighted by Crippen LogP contribution is 2.57. The average molecular weight is 238 g/mol. The molecule has 0 aromatic heterocycles. The summed E-state index contributed by atoms with van der Waals surface area (Å²) in [7, 11) is 0. The molecule has 3 atom stereocenters. The highest BCUT2D eigenvalue weighted by atomic mass is 16.5. The van der Waals surface area contributed by atoms with Crippen molar-refractivity contribution in [3.8, 4) is 0 Å². The summed E-state index contributed by atoms with van der Waals surface area (Å²) < 4.78 is 5.95. The van der Waals surface area contributed by atoms with Crippen LogP contribution in [0.1, 0.15) is 39.5 Å². The Morgan fingerprint density at radius 1 is 1.24 bits per heavy atom. The van der Waals surface area contributed by atoms with Crippen molar-refractivity contribution in [3.05, 3.63) is 0 Å². The lowest BCUT2D eigenvalue weighted by Gasteiger charge is -2.67. The van der Waals surface area contributed by atoms with Gasteiger partial charge in [0.25, 0.3) is 0 Å². The lowest BCUT2D eigenvalue weighted by molar-refractivity contribution is -0.231. The number of ether oxygens (including phenoxy) is 1. The predicted molar refractivity (Wildman–Crippen MR) is 68.8 cm³/mol. The summed E-state index contributed by atoms with van der Waals surface area (Å²) in [6.45, 7) is 9.10. The van der Waals surface area contributed by atoms with Crippen molar-refractivity contribution in [1.82, 2.24) is 4.90 Å². The van der Waals surface area contributed by atoms with Crippen molar-refractivity contribution >= 4 is 0 Å². The minimum atomic E-state index is -0.0254. The second kappa shape index (κ2) is 3.94. The van der Waals surface area contributed by atoms with Crippen molar-refractivity contribution in [3.63, 3.8) is 0 Å². The van der Waals surface area contributed by atoms with E-state index in [0.717, 1.165) is 13.2 Å². The van der Waals surface area contributed by atoms with Crippen LogP contribution in [-0.4, -0.2) is 42.8 Å². The molecule has 17 heavy (non-hydrogen) atoms. The Balaban J connectivity index is 1.75. The van der Waals surface area contributed by atoms with Crippen LogP contribution in [0.25, 0.3) is 0 Å². The van der Waals surface area contributed by atoms with Crippen LogP contribution in [-0.2, 0) is 4.74 Å². The van der Waals surface area contributed by atoms with Crippen molar-refractivity contribution < 1.29 is 4.74 Å². The fourth-order valence-electron chi connectivity index (χ4n) is 4.30. The van der Waals surface area contributed by atoms with Crippen molar-refractivity contribution in [2.45, 2.75) is 51.2 Å². The average Bonchev–Trinajstić information content (AvgIpc) is 2.81. The van der Waals surface area contributed by atoms with Crippen LogP contribution in [0.3, 0.4) is 0 Å². The third-order valence-electron chi connectivity index (χ3n) is 5.58. The van der Waals surface area contributed by atoms with E-state index in [1.165, 1.54) is 38.8 Å². The zero-order valence-corrected chi connectivity index (χ0v) is 11.2. The van der Waals surface area contributed by atoms with Crippen molar-refractivity contribution in [2.24, 2.45) is 17.1 Å². The molecule has 0 bridgehead atoms. The maximum Gasteiger partial charge on any atom is 0.0690 e. The zero-order chi connectivity index (χ0) is 12.1. The Morgan fingerprint density at radius 2 is 1.94 bits per heavy atom. The summed E-state index contributed by atoms with van der Waals surface area (Å²) in [6, 6.07) is 0. The molecule has 0 spiro atoms. The SMILES string of the molecule is CC1(C)C2OCCCC2C1(N)CN1CCCC1. The van der Waals surface area contributed by atoms with Gasteiger partial charge in [-0.3, -0.25) is 0 Å². The fourth-order valence-corrected chi connectivity index (χ4v) is 4.30. The summed E-state index contributed by atoms with van der Waals surface area (Å²) in [4.78, 5) is 2.56. The first-order valence-corrected chi connectivity index (χ1v) is 7.18. The molecule has 3 nitrogen and oxygen atoms in total. The van der Waals surface area contributed by atoms with Gasteiger partial charge in [0.1, 0.15) is 0 Å². The Hall–Kier alpha value is -0.120. The summed E-state index contributed by atoms with van der Waals surface area (Å²) in [6.07, 6.45) is 5.56. The first-order chi connectivity index (χ1) is 8.06. The van der Waals surface area contributed by atoms with Gasteiger partial charge < -0.3 is 15.4 Å². The summed E-state index contributed by atoms with van der Waals surface area (Å²) in [5.74, 6) is 0.590. The predicted octanol–water partition coefficient (Wildman–Crippen LogP) is 1.61. The van der Waals surface area contributed by atoms with Crippen LogP contribution in [0.5, 0.6) is 0 Å². The first-order valence-electron chi connectivity index (χ1n) is 7.18. The fraction of sp³-hybridized carbons (Fsp3) is 1.00. The second-order valence-corrected chi connectivity index (χ2v) is 6.79. The second-order valence-electron chi connectivity index (χ2n) is 6.79. The van der Waals surface area contributed by atoms with E-state index in [4.69, 9.17) is 10.5 Å². The van der Waals surface area contributed by atoms with Gasteiger partial charge in [-0.2, -0.15) is 0 Å². The molecule has 3 rings (SSSR count). The molecule has 3 heteroatoms. The Kier molecular flexibility index (Phi) is 2.77. The standard InChI is InChI=1S/C14H26N2O/c1-13(2)12-11(6-5-9-17-12)14(13,15)10-16-7-3-4-8-16/h11-12H,3-10,15H2,1-2H3. The molecule has 0 aromatic carbocycles. The number of fused-ring (bicyclic) bond motifs is 1. The van der Waals surface area contributed by atoms with E-state index in [-0.39, 0.29) is 11.0 Å². The van der Waals surface area contributed by atoms with Crippen molar-refractivity contribution in [2.75, 3.05) is 26.2 Å². The van der Waals surface area contributed by atoms with Crippen LogP contribution in [0.2, 0.25) is 0 Å². The highest BCUT2D eigenvalue weighted by Gasteiger charge is 2.66. The van der Waals surface area contributed by atoms with Gasteiger partial charge in [0, 0.05) is 30.0 Å². The molecule has 98 valence electrons. The van der Waals surface area contributed by atoms with Gasteiger partial charge in [-0.25, -0.2) is 0 Å². The molecule has 0 aromatic rings. The van der Waals surface area contributed by atoms with Gasteiger partial charge in [-0.05, 0) is 38.8 Å². The largest absolute Gasteiger partial charge is 0.377 e. The summed E-state index contributed by atoms with van der Waals surface area (Å²) in [5, 5.41) is 0. The van der Waals surface area contributed by atoms with Crippen LogP contribution in [0, 0.1) is 11.3 Å². The molecule has 3 aliphatic rings. The van der Waals surface area contributed by atoms with Crippen LogP contribution in [0.4, 0.5) is 0 Å². The topological polar surface area (TPSA) is 38.5 Å². The smallest absolute Gasteiger partial charge is 0.0690 e. The van der Waals surface area contributed by atoms with E-state index in [2.05, 4.69) is 18.7 Å². The number of nitrogens with two attached hydrogens (primary N) is 1. The lowest BCUT2D eigenvalue weighted by Crippen LogP contribution is -2.80. The maximum atomic E-state index is 6.79. The molecule has 0 amide bonds. The normalized spacial score (nSPS) is 45.4. The van der Waals surface area contributed by atoms with Gasteiger partial charge >= 0.3 is 0 Å². The molecular formula is C14H26N2O. The van der Waals surface area contributed by atoms with E-state index >= 15 is 0 Å². The monoisotopic (exact) mass is 238 g/mol. The zero-order valence-electron chi connectivity index (χ0n) is 11.2. The van der Waals surface area contributed by atoms with Gasteiger partial charge in [-0.1, -0.05) is 13.8 Å². The van der Waals surface area contributed by atoms with E-state index in [0.29, 0.717) is 12.0 Å². The number of rotatable bonds is 2. The first kappa shape index (κ1) is 11.9. The number of likely N-dealkylation sites (tertiary alicyclic amines) is 1. The number of nitrogens with zero attached hydrogens (tertiary/aromatic N) is 1. The summed E-state index contributed by atoms with van der Waals surface area (Å²) in [5.41, 5.74) is 6.91. The number of hydrogen-bond donors (Lipinski definition) is 1. The molecule has 3 unspecified atom stereocenters. The molecule has 3 fully saturated rings. The quantitative estimate of drug-likeness (QED) is 0.794. The van der Waals surface area contributed by atoms with E-state index in [1.54, 1.807) is 0 Å². The third kappa shape index (κ3) is 1.59. The molecule has 0 radical (unpaired) electrons. The molecule has 2 saturated heterocycles. The van der Waals surface area contributed by atoms with E-state index < -0.39 is 0 Å². The van der Waals surface area contributed by atoms with Crippen molar-refractivity contribution in [1.29, 1.82) is 0 Å². The third-order valence-corrected chi connectivity index (χ3v) is 5.58. The minimum absolute atomic E-state index is 0.0254. The molecule has 1 saturated carbocycles. The van der Waals surface area contributed by atoms with Crippen LogP contribution in [0.15, 0.2) is 0 Å². The molecule has 2 aliphatic heterocycles. The van der Waals surface area contributed by atoms with Crippen LogP contribution < -0.4 is 5.73 Å². The highest BCUT2D eigenvalue weighted by molar-refractivity contribution is 5.20. The molecular weight excluding hydrogens is 212 g/mol. The Morgan fingerprint density at radius 3 is 2.65 bits per heavy atom. The molecule has 2 heterocycles. The molecule has 1 aliphatic carbocycles. The maximum absolute atomic E-state index is 6.79. The van der Waals surface area contributed by atoms with Gasteiger partial charge in [0.05, 0.1) is 6.10 Å². The Bertz CT molecular complexity index is 299. The van der Waals surface area contributed by atoms with Gasteiger partial charge in [-0.15, -0.1) is 0 Å². The minimum Gasteiger partial charge on any atom is -0.377 e. The summed E-state index contributed by atoms with van der Waals surface area (Å²) >= 11 is 0. The van der Waals surface area contributed by atoms with Gasteiger partial charge in [0.2, 0.25) is 0 Å². The molecule has 2 N–H and O–H groups in total.